The molecule has 4 nitrogen and oxygen atoms in total. The average Bonchev–Trinajstić information content (AvgIpc) is 2.39. The number of benzene rings is 1. The number of fused-ring (bicyclic) bond motifs is 1. The van der Waals surface area contributed by atoms with Crippen LogP contribution in [0.25, 0.3) is 0 Å². The quantitative estimate of drug-likeness (QED) is 0.791. The summed E-state index contributed by atoms with van der Waals surface area (Å²) in [5.74, 6) is 0.114. The molecule has 1 amide bonds. The summed E-state index contributed by atoms with van der Waals surface area (Å²) in [5.41, 5.74) is 3.43. The topological polar surface area (TPSA) is 50.4 Å². The van der Waals surface area contributed by atoms with E-state index in [0.717, 1.165) is 18.7 Å². The molecule has 0 saturated carbocycles. The number of anilines is 1. The largest absolute Gasteiger partial charge is 0.375 e. The second-order valence-electron chi connectivity index (χ2n) is 5.07. The molecule has 0 aromatic heterocycles. The summed E-state index contributed by atoms with van der Waals surface area (Å²) in [7, 11) is 0. The fourth-order valence-electron chi connectivity index (χ4n) is 2.52. The van der Waals surface area contributed by atoms with Crippen LogP contribution in [0.1, 0.15) is 30.5 Å². The highest BCUT2D eigenvalue weighted by atomic mass is 16.5. The third-order valence-corrected chi connectivity index (χ3v) is 3.63. The van der Waals surface area contributed by atoms with Crippen molar-refractivity contribution in [1.29, 1.82) is 0 Å². The normalized spacial score (nSPS) is 27.5. The van der Waals surface area contributed by atoms with Crippen LogP contribution in [0.3, 0.4) is 0 Å². The first-order valence-electron chi connectivity index (χ1n) is 6.50. The summed E-state index contributed by atoms with van der Waals surface area (Å²) >= 11 is 0. The zero-order valence-electron chi connectivity index (χ0n) is 10.5. The lowest BCUT2D eigenvalue weighted by molar-refractivity contribution is -0.116. The van der Waals surface area contributed by atoms with E-state index in [-0.39, 0.29) is 18.1 Å². The minimum absolute atomic E-state index is 0.114. The van der Waals surface area contributed by atoms with Crippen LogP contribution in [0.5, 0.6) is 0 Å². The number of hydrogen-bond acceptors (Lipinski definition) is 3. The molecule has 1 saturated heterocycles. The molecule has 0 aliphatic carbocycles. The molecule has 2 aliphatic heterocycles. The summed E-state index contributed by atoms with van der Waals surface area (Å²) in [6.45, 7) is 3.68. The SMILES string of the molecule is CC1CNC(c2ccc3c(c2)CCC(=O)N3)CO1. The summed E-state index contributed by atoms with van der Waals surface area (Å²) in [6.07, 6.45) is 1.71. The second kappa shape index (κ2) is 4.71. The second-order valence-corrected chi connectivity index (χ2v) is 5.07. The summed E-state index contributed by atoms with van der Waals surface area (Å²) in [4.78, 5) is 11.3. The van der Waals surface area contributed by atoms with Crippen molar-refractivity contribution in [3.05, 3.63) is 29.3 Å². The first-order chi connectivity index (χ1) is 8.72. The van der Waals surface area contributed by atoms with Crippen LogP contribution in [0.2, 0.25) is 0 Å². The van der Waals surface area contributed by atoms with Crippen molar-refractivity contribution < 1.29 is 9.53 Å². The van der Waals surface area contributed by atoms with Crippen molar-refractivity contribution >= 4 is 11.6 Å². The molecular weight excluding hydrogens is 228 g/mol. The van der Waals surface area contributed by atoms with E-state index >= 15 is 0 Å². The number of carbonyl (C=O) groups is 1. The Kier molecular flexibility index (Phi) is 3.06. The van der Waals surface area contributed by atoms with E-state index in [4.69, 9.17) is 4.74 Å². The molecule has 0 spiro atoms. The van der Waals surface area contributed by atoms with Crippen molar-refractivity contribution in [2.24, 2.45) is 0 Å². The van der Waals surface area contributed by atoms with Gasteiger partial charge in [-0.05, 0) is 30.5 Å². The molecule has 3 rings (SSSR count). The Morgan fingerprint density at radius 2 is 2.22 bits per heavy atom. The smallest absolute Gasteiger partial charge is 0.224 e. The first kappa shape index (κ1) is 11.7. The monoisotopic (exact) mass is 246 g/mol. The van der Waals surface area contributed by atoms with Gasteiger partial charge in [0.05, 0.1) is 18.8 Å². The minimum Gasteiger partial charge on any atom is -0.375 e. The zero-order chi connectivity index (χ0) is 12.5. The molecule has 0 radical (unpaired) electrons. The molecule has 1 aromatic carbocycles. The maximum atomic E-state index is 11.3. The maximum Gasteiger partial charge on any atom is 0.224 e. The van der Waals surface area contributed by atoms with Crippen molar-refractivity contribution in [3.63, 3.8) is 0 Å². The van der Waals surface area contributed by atoms with Crippen LogP contribution in [0.4, 0.5) is 5.69 Å². The van der Waals surface area contributed by atoms with Crippen molar-refractivity contribution in [1.82, 2.24) is 5.32 Å². The van der Waals surface area contributed by atoms with Gasteiger partial charge in [-0.1, -0.05) is 12.1 Å². The van der Waals surface area contributed by atoms with E-state index in [1.807, 2.05) is 6.07 Å². The molecular formula is C14H18N2O2. The van der Waals surface area contributed by atoms with E-state index in [9.17, 15) is 4.79 Å². The van der Waals surface area contributed by atoms with Crippen molar-refractivity contribution in [2.45, 2.75) is 31.9 Å². The number of morpholine rings is 1. The van der Waals surface area contributed by atoms with Gasteiger partial charge in [0.25, 0.3) is 0 Å². The van der Waals surface area contributed by atoms with Gasteiger partial charge in [0.1, 0.15) is 0 Å². The molecule has 2 unspecified atom stereocenters. The molecule has 96 valence electrons. The van der Waals surface area contributed by atoms with Gasteiger partial charge in [-0.15, -0.1) is 0 Å². The van der Waals surface area contributed by atoms with Crippen LogP contribution >= 0.6 is 0 Å². The lowest BCUT2D eigenvalue weighted by atomic mass is 9.97. The van der Waals surface area contributed by atoms with Gasteiger partial charge in [0.2, 0.25) is 5.91 Å². The van der Waals surface area contributed by atoms with Crippen molar-refractivity contribution in [2.75, 3.05) is 18.5 Å². The fourth-order valence-corrected chi connectivity index (χ4v) is 2.52. The Labute approximate surface area is 107 Å². The Morgan fingerprint density at radius 1 is 1.33 bits per heavy atom. The van der Waals surface area contributed by atoms with E-state index in [2.05, 4.69) is 29.7 Å². The van der Waals surface area contributed by atoms with E-state index in [1.165, 1.54) is 11.1 Å². The lowest BCUT2D eigenvalue weighted by Crippen LogP contribution is -2.39. The fraction of sp³-hybridized carbons (Fsp3) is 0.500. The van der Waals surface area contributed by atoms with Gasteiger partial charge in [-0.25, -0.2) is 0 Å². The number of carbonyl (C=O) groups excluding carboxylic acids is 1. The van der Waals surface area contributed by atoms with Crippen molar-refractivity contribution in [3.8, 4) is 0 Å². The summed E-state index contributed by atoms with van der Waals surface area (Å²) in [6, 6.07) is 6.53. The molecule has 1 aromatic rings. The predicted octanol–water partition coefficient (Wildman–Crippen LogP) is 1.62. The van der Waals surface area contributed by atoms with E-state index in [0.29, 0.717) is 13.0 Å². The van der Waals surface area contributed by atoms with Gasteiger partial charge < -0.3 is 15.4 Å². The van der Waals surface area contributed by atoms with Crippen LogP contribution in [0, 0.1) is 0 Å². The number of ether oxygens (including phenoxy) is 1. The van der Waals surface area contributed by atoms with Crippen LogP contribution in [-0.4, -0.2) is 25.2 Å². The minimum atomic E-state index is 0.114. The molecule has 2 heterocycles. The van der Waals surface area contributed by atoms with Gasteiger partial charge in [-0.3, -0.25) is 4.79 Å². The lowest BCUT2D eigenvalue weighted by Gasteiger charge is -2.29. The summed E-state index contributed by atoms with van der Waals surface area (Å²) < 4.78 is 5.67. The first-order valence-corrected chi connectivity index (χ1v) is 6.50. The number of nitrogens with one attached hydrogen (secondary N) is 2. The van der Waals surface area contributed by atoms with E-state index < -0.39 is 0 Å². The highest BCUT2D eigenvalue weighted by Gasteiger charge is 2.21. The summed E-state index contributed by atoms with van der Waals surface area (Å²) in [5, 5.41) is 6.39. The molecule has 18 heavy (non-hydrogen) atoms. The van der Waals surface area contributed by atoms with Crippen LogP contribution in [-0.2, 0) is 16.0 Å². The van der Waals surface area contributed by atoms with Gasteiger partial charge >= 0.3 is 0 Å². The predicted molar refractivity (Wildman–Crippen MR) is 69.6 cm³/mol. The Balaban J connectivity index is 1.80. The number of rotatable bonds is 1. The number of amides is 1. The van der Waals surface area contributed by atoms with Gasteiger partial charge in [0.15, 0.2) is 0 Å². The highest BCUT2D eigenvalue weighted by Crippen LogP contribution is 2.27. The molecule has 0 bridgehead atoms. The zero-order valence-corrected chi connectivity index (χ0v) is 10.5. The number of aryl methyl sites for hydroxylation is 1. The third-order valence-electron chi connectivity index (χ3n) is 3.63. The Bertz CT molecular complexity index is 465. The molecule has 2 aliphatic rings. The van der Waals surface area contributed by atoms with E-state index in [1.54, 1.807) is 0 Å². The molecule has 4 heteroatoms. The average molecular weight is 246 g/mol. The Morgan fingerprint density at radius 3 is 3.00 bits per heavy atom. The maximum absolute atomic E-state index is 11.3. The van der Waals surface area contributed by atoms with Gasteiger partial charge in [-0.2, -0.15) is 0 Å². The Hall–Kier alpha value is -1.39. The molecule has 2 atom stereocenters. The number of hydrogen-bond donors (Lipinski definition) is 2. The standard InChI is InChI=1S/C14H18N2O2/c1-9-7-15-13(8-18-9)11-2-4-12-10(6-11)3-5-14(17)16-12/h2,4,6,9,13,15H,3,5,7-8H2,1H3,(H,16,17). The van der Waals surface area contributed by atoms with Crippen LogP contribution in [0.15, 0.2) is 18.2 Å². The third kappa shape index (κ3) is 2.26. The molecule has 2 N–H and O–H groups in total. The van der Waals surface area contributed by atoms with Gasteiger partial charge in [0, 0.05) is 18.7 Å². The highest BCUT2D eigenvalue weighted by molar-refractivity contribution is 5.93. The molecule has 1 fully saturated rings. The van der Waals surface area contributed by atoms with Crippen LogP contribution < -0.4 is 10.6 Å².